The van der Waals surface area contributed by atoms with E-state index in [-0.39, 0.29) is 12.6 Å². The van der Waals surface area contributed by atoms with Gasteiger partial charge in [-0.2, -0.15) is 0 Å². The summed E-state index contributed by atoms with van der Waals surface area (Å²) in [5, 5.41) is 12.9. The number of hydrogen-bond acceptors (Lipinski definition) is 3. The number of carbonyl (C=O) groups excluding carboxylic acids is 1. The topological polar surface area (TPSA) is 69.6 Å². The second-order valence-electron chi connectivity index (χ2n) is 5.76. The number of urea groups is 1. The molecular formula is C15H20N2O3S. The Morgan fingerprint density at radius 2 is 2.10 bits per heavy atom. The molecular weight excluding hydrogens is 288 g/mol. The SMILES string of the molecule is O=C(NCC1(O)CCC1)N1CCC[S@@](=O)c2ccccc21. The van der Waals surface area contributed by atoms with Gasteiger partial charge in [-0.3, -0.25) is 9.11 Å². The average Bonchev–Trinajstić information content (AvgIpc) is 2.63. The first-order valence-electron chi connectivity index (χ1n) is 7.34. The largest absolute Gasteiger partial charge is 0.388 e. The number of nitrogens with one attached hydrogen (secondary N) is 1. The van der Waals surface area contributed by atoms with Crippen molar-refractivity contribution in [2.75, 3.05) is 23.7 Å². The van der Waals surface area contributed by atoms with Crippen molar-refractivity contribution in [1.82, 2.24) is 5.32 Å². The fraction of sp³-hybridized carbons (Fsp3) is 0.533. The summed E-state index contributed by atoms with van der Waals surface area (Å²) in [4.78, 5) is 14.8. The number of fused-ring (bicyclic) bond motifs is 1. The Labute approximate surface area is 126 Å². The summed E-state index contributed by atoms with van der Waals surface area (Å²) in [6.45, 7) is 0.834. The number of benzene rings is 1. The lowest BCUT2D eigenvalue weighted by atomic mass is 9.80. The van der Waals surface area contributed by atoms with Gasteiger partial charge in [0.2, 0.25) is 0 Å². The number of nitrogens with zero attached hydrogens (tertiary/aromatic N) is 1. The Kier molecular flexibility index (Phi) is 3.99. The number of para-hydroxylation sites is 1. The fourth-order valence-corrected chi connectivity index (χ4v) is 4.02. The van der Waals surface area contributed by atoms with Crippen LogP contribution in [0.2, 0.25) is 0 Å². The standard InChI is InChI=1S/C15H20N2O3S/c18-14(16-11-15(19)7-3-8-15)17-9-4-10-21(20)13-6-2-1-5-12(13)17/h1-2,5-6,19H,3-4,7-11H2,(H,16,18)/t21-/m1/s1. The van der Waals surface area contributed by atoms with E-state index in [4.69, 9.17) is 0 Å². The van der Waals surface area contributed by atoms with Gasteiger partial charge in [-0.1, -0.05) is 12.1 Å². The Bertz CT molecular complexity index is 572. The van der Waals surface area contributed by atoms with Gasteiger partial charge < -0.3 is 10.4 Å². The molecule has 2 amide bonds. The van der Waals surface area contributed by atoms with Gasteiger partial charge in [0.1, 0.15) is 0 Å². The van der Waals surface area contributed by atoms with E-state index in [1.165, 1.54) is 0 Å². The molecule has 1 aliphatic heterocycles. The third-order valence-electron chi connectivity index (χ3n) is 4.21. The molecule has 0 bridgehead atoms. The lowest BCUT2D eigenvalue weighted by Gasteiger charge is -2.37. The fourth-order valence-electron chi connectivity index (χ4n) is 2.77. The third-order valence-corrected chi connectivity index (χ3v) is 5.71. The quantitative estimate of drug-likeness (QED) is 0.872. The van der Waals surface area contributed by atoms with Gasteiger partial charge in [0.25, 0.3) is 0 Å². The summed E-state index contributed by atoms with van der Waals surface area (Å²) < 4.78 is 12.2. The van der Waals surface area contributed by atoms with Crippen LogP contribution in [-0.2, 0) is 10.8 Å². The van der Waals surface area contributed by atoms with Crippen LogP contribution in [0.3, 0.4) is 0 Å². The highest BCUT2D eigenvalue weighted by atomic mass is 32.2. The first kappa shape index (κ1) is 14.5. The average molecular weight is 308 g/mol. The predicted octanol–water partition coefficient (Wildman–Crippen LogP) is 1.63. The van der Waals surface area contributed by atoms with Crippen LogP contribution in [0.4, 0.5) is 10.5 Å². The van der Waals surface area contributed by atoms with Crippen LogP contribution in [0, 0.1) is 0 Å². The lowest BCUT2D eigenvalue weighted by molar-refractivity contribution is -0.0288. The summed E-state index contributed by atoms with van der Waals surface area (Å²) in [5.74, 6) is 0.574. The summed E-state index contributed by atoms with van der Waals surface area (Å²) in [5.41, 5.74) is -0.0180. The number of hydrogen-bond donors (Lipinski definition) is 2. The van der Waals surface area contributed by atoms with E-state index in [0.717, 1.165) is 19.3 Å². The predicted molar refractivity (Wildman–Crippen MR) is 81.9 cm³/mol. The van der Waals surface area contributed by atoms with Crippen molar-refractivity contribution in [3.63, 3.8) is 0 Å². The van der Waals surface area contributed by atoms with Crippen molar-refractivity contribution in [1.29, 1.82) is 0 Å². The van der Waals surface area contributed by atoms with Crippen molar-refractivity contribution < 1.29 is 14.1 Å². The maximum atomic E-state index is 12.4. The molecule has 2 N–H and O–H groups in total. The van der Waals surface area contributed by atoms with E-state index in [2.05, 4.69) is 5.32 Å². The van der Waals surface area contributed by atoms with E-state index in [1.807, 2.05) is 24.3 Å². The molecule has 1 fully saturated rings. The van der Waals surface area contributed by atoms with Crippen LogP contribution in [0.25, 0.3) is 0 Å². The number of anilines is 1. The van der Waals surface area contributed by atoms with E-state index < -0.39 is 16.4 Å². The van der Waals surface area contributed by atoms with E-state index in [1.54, 1.807) is 4.90 Å². The van der Waals surface area contributed by atoms with Crippen molar-refractivity contribution in [2.24, 2.45) is 0 Å². The first-order valence-corrected chi connectivity index (χ1v) is 8.66. The van der Waals surface area contributed by atoms with E-state index in [9.17, 15) is 14.1 Å². The molecule has 1 heterocycles. The Hall–Kier alpha value is -1.40. The number of aliphatic hydroxyl groups is 1. The molecule has 114 valence electrons. The van der Waals surface area contributed by atoms with Gasteiger partial charge in [-0.15, -0.1) is 0 Å². The Morgan fingerprint density at radius 3 is 2.81 bits per heavy atom. The Morgan fingerprint density at radius 1 is 1.33 bits per heavy atom. The highest BCUT2D eigenvalue weighted by Crippen LogP contribution is 2.31. The monoisotopic (exact) mass is 308 g/mol. The maximum Gasteiger partial charge on any atom is 0.322 e. The van der Waals surface area contributed by atoms with Crippen LogP contribution >= 0.6 is 0 Å². The third kappa shape index (κ3) is 2.96. The molecule has 2 aliphatic rings. The molecule has 0 aromatic heterocycles. The highest BCUT2D eigenvalue weighted by Gasteiger charge is 2.35. The van der Waals surface area contributed by atoms with Crippen molar-refractivity contribution in [2.45, 2.75) is 36.2 Å². The van der Waals surface area contributed by atoms with Crippen LogP contribution in [0.5, 0.6) is 0 Å². The normalized spacial score (nSPS) is 23.7. The molecule has 6 heteroatoms. The molecule has 0 saturated heterocycles. The molecule has 1 atom stereocenters. The molecule has 21 heavy (non-hydrogen) atoms. The molecule has 0 unspecified atom stereocenters. The van der Waals surface area contributed by atoms with Crippen molar-refractivity contribution >= 4 is 22.5 Å². The summed E-state index contributed by atoms with van der Waals surface area (Å²) in [6.07, 6.45) is 3.21. The molecule has 1 aliphatic carbocycles. The van der Waals surface area contributed by atoms with Gasteiger partial charge in [-0.05, 0) is 37.8 Å². The minimum absolute atomic E-state index is 0.221. The van der Waals surface area contributed by atoms with Crippen LogP contribution in [0.15, 0.2) is 29.2 Å². The number of amides is 2. The van der Waals surface area contributed by atoms with Gasteiger partial charge in [-0.25, -0.2) is 4.79 Å². The second kappa shape index (κ2) is 5.77. The second-order valence-corrected chi connectivity index (χ2v) is 7.30. The highest BCUT2D eigenvalue weighted by molar-refractivity contribution is 7.85. The Balaban J connectivity index is 1.76. The van der Waals surface area contributed by atoms with Crippen LogP contribution in [0.1, 0.15) is 25.7 Å². The lowest BCUT2D eigenvalue weighted by Crippen LogP contribution is -2.51. The summed E-state index contributed by atoms with van der Waals surface area (Å²) in [6, 6.07) is 7.12. The van der Waals surface area contributed by atoms with Gasteiger partial charge in [0.05, 0.1) is 27.0 Å². The molecule has 1 aromatic rings. The van der Waals surface area contributed by atoms with E-state index in [0.29, 0.717) is 29.3 Å². The summed E-state index contributed by atoms with van der Waals surface area (Å²) >= 11 is 0. The number of carbonyl (C=O) groups is 1. The zero-order valence-corrected chi connectivity index (χ0v) is 12.7. The van der Waals surface area contributed by atoms with Gasteiger partial charge in [0.15, 0.2) is 0 Å². The molecule has 1 aromatic carbocycles. The van der Waals surface area contributed by atoms with Gasteiger partial charge >= 0.3 is 6.03 Å². The van der Waals surface area contributed by atoms with Crippen molar-refractivity contribution in [3.8, 4) is 0 Å². The minimum Gasteiger partial charge on any atom is -0.388 e. The van der Waals surface area contributed by atoms with Crippen LogP contribution in [-0.4, -0.2) is 39.8 Å². The first-order chi connectivity index (χ1) is 10.1. The zero-order valence-electron chi connectivity index (χ0n) is 11.9. The van der Waals surface area contributed by atoms with Crippen molar-refractivity contribution in [3.05, 3.63) is 24.3 Å². The molecule has 3 rings (SSSR count). The zero-order chi connectivity index (χ0) is 14.9. The molecule has 0 spiro atoms. The van der Waals surface area contributed by atoms with Gasteiger partial charge in [0, 0.05) is 18.8 Å². The smallest absolute Gasteiger partial charge is 0.322 e. The van der Waals surface area contributed by atoms with Crippen LogP contribution < -0.4 is 10.2 Å². The minimum atomic E-state index is -1.05. The number of rotatable bonds is 2. The molecule has 1 saturated carbocycles. The molecule has 5 nitrogen and oxygen atoms in total. The molecule has 0 radical (unpaired) electrons. The maximum absolute atomic E-state index is 12.4. The van der Waals surface area contributed by atoms with E-state index >= 15 is 0 Å². The summed E-state index contributed by atoms with van der Waals surface area (Å²) in [7, 11) is -1.05.